The second-order valence-corrected chi connectivity index (χ2v) is 7.23. The van der Waals surface area contributed by atoms with Crippen LogP contribution in [0.25, 0.3) is 6.08 Å². The van der Waals surface area contributed by atoms with Crippen molar-refractivity contribution in [3.63, 3.8) is 0 Å². The SMILES string of the molecule is CCCCN(CCCC)C(=O)C(=Cc1ccc([N+](=O)[O-])cc1)NC(=O)c1ccccc1. The van der Waals surface area contributed by atoms with E-state index >= 15 is 0 Å². The lowest BCUT2D eigenvalue weighted by atomic mass is 10.1. The number of non-ortho nitro benzene ring substituents is 1. The molecule has 0 unspecified atom stereocenters. The number of hydrogen-bond donors (Lipinski definition) is 1. The van der Waals surface area contributed by atoms with E-state index in [0.717, 1.165) is 25.7 Å². The van der Waals surface area contributed by atoms with Crippen LogP contribution in [0.5, 0.6) is 0 Å². The number of amides is 2. The Morgan fingerprint density at radius 3 is 2.06 bits per heavy atom. The molecular formula is C24H29N3O4. The largest absolute Gasteiger partial charge is 0.337 e. The highest BCUT2D eigenvalue weighted by molar-refractivity contribution is 6.05. The summed E-state index contributed by atoms with van der Waals surface area (Å²) in [5, 5.41) is 13.7. The van der Waals surface area contributed by atoms with Gasteiger partial charge in [-0.1, -0.05) is 44.9 Å². The highest BCUT2D eigenvalue weighted by Gasteiger charge is 2.20. The van der Waals surface area contributed by atoms with Crippen molar-refractivity contribution in [2.24, 2.45) is 0 Å². The van der Waals surface area contributed by atoms with Crippen molar-refractivity contribution in [3.8, 4) is 0 Å². The number of nitro benzene ring substituents is 1. The number of nitrogens with one attached hydrogen (secondary N) is 1. The molecular weight excluding hydrogens is 394 g/mol. The minimum atomic E-state index is -0.478. The fraction of sp³-hybridized carbons (Fsp3) is 0.333. The van der Waals surface area contributed by atoms with Gasteiger partial charge in [0.2, 0.25) is 0 Å². The van der Waals surface area contributed by atoms with Crippen LogP contribution >= 0.6 is 0 Å². The highest BCUT2D eigenvalue weighted by atomic mass is 16.6. The molecule has 31 heavy (non-hydrogen) atoms. The molecule has 0 spiro atoms. The van der Waals surface area contributed by atoms with E-state index in [1.807, 2.05) is 6.07 Å². The van der Waals surface area contributed by atoms with Gasteiger partial charge in [0, 0.05) is 30.8 Å². The molecule has 0 aliphatic carbocycles. The molecule has 0 bridgehead atoms. The van der Waals surface area contributed by atoms with Gasteiger partial charge in [-0.15, -0.1) is 0 Å². The maximum atomic E-state index is 13.3. The summed E-state index contributed by atoms with van der Waals surface area (Å²) in [6, 6.07) is 14.5. The average Bonchev–Trinajstić information content (AvgIpc) is 2.79. The lowest BCUT2D eigenvalue weighted by Crippen LogP contribution is -2.39. The number of nitrogens with zero attached hydrogens (tertiary/aromatic N) is 2. The van der Waals surface area contributed by atoms with Crippen LogP contribution in [0.4, 0.5) is 5.69 Å². The predicted molar refractivity (Wildman–Crippen MR) is 121 cm³/mol. The molecule has 0 fully saturated rings. The number of hydrogen-bond acceptors (Lipinski definition) is 4. The first-order valence-electron chi connectivity index (χ1n) is 10.6. The molecule has 164 valence electrons. The molecule has 0 saturated carbocycles. The Labute approximate surface area is 182 Å². The first-order valence-corrected chi connectivity index (χ1v) is 10.6. The lowest BCUT2D eigenvalue weighted by molar-refractivity contribution is -0.384. The number of benzene rings is 2. The van der Waals surface area contributed by atoms with Crippen LogP contribution in [0, 0.1) is 10.1 Å². The Balaban J connectivity index is 2.35. The molecule has 0 radical (unpaired) electrons. The van der Waals surface area contributed by atoms with Crippen LogP contribution < -0.4 is 5.32 Å². The summed E-state index contributed by atoms with van der Waals surface area (Å²) in [7, 11) is 0. The average molecular weight is 424 g/mol. The summed E-state index contributed by atoms with van der Waals surface area (Å²) in [6.07, 6.45) is 5.21. The van der Waals surface area contributed by atoms with Gasteiger partial charge in [-0.3, -0.25) is 19.7 Å². The van der Waals surface area contributed by atoms with Crippen molar-refractivity contribution >= 4 is 23.6 Å². The zero-order valence-electron chi connectivity index (χ0n) is 18.0. The molecule has 0 aromatic heterocycles. The molecule has 2 aromatic carbocycles. The van der Waals surface area contributed by atoms with Gasteiger partial charge >= 0.3 is 0 Å². The molecule has 2 amide bonds. The summed E-state index contributed by atoms with van der Waals surface area (Å²) in [4.78, 5) is 38.3. The van der Waals surface area contributed by atoms with E-state index in [4.69, 9.17) is 0 Å². The van der Waals surface area contributed by atoms with Crippen molar-refractivity contribution in [2.45, 2.75) is 39.5 Å². The van der Waals surface area contributed by atoms with Gasteiger partial charge in [-0.2, -0.15) is 0 Å². The minimum absolute atomic E-state index is 0.0362. The van der Waals surface area contributed by atoms with Crippen LogP contribution in [0.15, 0.2) is 60.3 Å². The van der Waals surface area contributed by atoms with Gasteiger partial charge in [-0.25, -0.2) is 0 Å². The van der Waals surface area contributed by atoms with E-state index in [1.165, 1.54) is 12.1 Å². The van der Waals surface area contributed by atoms with Crippen LogP contribution in [0.2, 0.25) is 0 Å². The fourth-order valence-corrected chi connectivity index (χ4v) is 2.98. The first-order chi connectivity index (χ1) is 15.0. The van der Waals surface area contributed by atoms with Crippen LogP contribution in [-0.2, 0) is 4.79 Å². The van der Waals surface area contributed by atoms with Crippen molar-refractivity contribution in [2.75, 3.05) is 13.1 Å². The summed E-state index contributed by atoms with van der Waals surface area (Å²) in [6.45, 7) is 5.34. The normalized spacial score (nSPS) is 11.1. The Hall–Kier alpha value is -3.48. The summed E-state index contributed by atoms with van der Waals surface area (Å²) in [5.41, 5.74) is 1.15. The van der Waals surface area contributed by atoms with Crippen molar-refractivity contribution in [1.29, 1.82) is 0 Å². The molecule has 2 aromatic rings. The van der Waals surface area contributed by atoms with E-state index in [9.17, 15) is 19.7 Å². The third-order valence-corrected chi connectivity index (χ3v) is 4.78. The third kappa shape index (κ3) is 7.37. The standard InChI is InChI=1S/C24H29N3O4/c1-3-5-16-26(17-6-4-2)24(29)22(25-23(28)20-10-8-7-9-11-20)18-19-12-14-21(15-13-19)27(30)31/h7-15,18H,3-6,16-17H2,1-2H3,(H,25,28). The predicted octanol–water partition coefficient (Wildman–Crippen LogP) is 4.79. The van der Waals surface area contributed by atoms with Crippen LogP contribution in [0.1, 0.15) is 55.5 Å². The Morgan fingerprint density at radius 2 is 1.55 bits per heavy atom. The molecule has 7 heteroatoms. The third-order valence-electron chi connectivity index (χ3n) is 4.78. The van der Waals surface area contributed by atoms with Crippen LogP contribution in [-0.4, -0.2) is 34.7 Å². The zero-order valence-corrected chi connectivity index (χ0v) is 18.0. The Morgan fingerprint density at radius 1 is 0.968 bits per heavy atom. The van der Waals surface area contributed by atoms with Crippen molar-refractivity contribution in [1.82, 2.24) is 10.2 Å². The second kappa shape index (κ2) is 12.3. The number of unbranched alkanes of at least 4 members (excludes halogenated alkanes) is 2. The number of carbonyl (C=O) groups is 2. The van der Waals surface area contributed by atoms with E-state index < -0.39 is 4.92 Å². The number of rotatable bonds is 11. The van der Waals surface area contributed by atoms with E-state index in [2.05, 4.69) is 19.2 Å². The highest BCUT2D eigenvalue weighted by Crippen LogP contribution is 2.16. The smallest absolute Gasteiger partial charge is 0.270 e. The molecule has 0 aliphatic heterocycles. The van der Waals surface area contributed by atoms with E-state index in [-0.39, 0.29) is 23.2 Å². The molecule has 7 nitrogen and oxygen atoms in total. The van der Waals surface area contributed by atoms with E-state index in [1.54, 1.807) is 47.4 Å². The number of carbonyl (C=O) groups excluding carboxylic acids is 2. The first kappa shape index (κ1) is 23.8. The Bertz CT molecular complexity index is 900. The van der Waals surface area contributed by atoms with Gasteiger partial charge in [0.25, 0.3) is 17.5 Å². The molecule has 2 rings (SSSR count). The second-order valence-electron chi connectivity index (χ2n) is 7.23. The molecule has 1 N–H and O–H groups in total. The van der Waals surface area contributed by atoms with Gasteiger partial charge < -0.3 is 10.2 Å². The summed E-state index contributed by atoms with van der Waals surface area (Å²) >= 11 is 0. The molecule has 0 aliphatic rings. The quantitative estimate of drug-likeness (QED) is 0.319. The maximum Gasteiger partial charge on any atom is 0.270 e. The fourth-order valence-electron chi connectivity index (χ4n) is 2.98. The topological polar surface area (TPSA) is 92.6 Å². The Kier molecular flexibility index (Phi) is 9.42. The van der Waals surface area contributed by atoms with Crippen molar-refractivity contribution in [3.05, 3.63) is 81.5 Å². The maximum absolute atomic E-state index is 13.3. The minimum Gasteiger partial charge on any atom is -0.337 e. The van der Waals surface area contributed by atoms with Crippen LogP contribution in [0.3, 0.4) is 0 Å². The zero-order chi connectivity index (χ0) is 22.6. The van der Waals surface area contributed by atoms with Crippen molar-refractivity contribution < 1.29 is 14.5 Å². The molecule has 0 heterocycles. The monoisotopic (exact) mass is 423 g/mol. The molecule has 0 saturated heterocycles. The summed E-state index contributed by atoms with van der Waals surface area (Å²) < 4.78 is 0. The number of nitro groups is 1. The molecule has 0 atom stereocenters. The van der Waals surface area contributed by atoms with Gasteiger partial charge in [-0.05, 0) is 48.7 Å². The summed E-state index contributed by atoms with van der Waals surface area (Å²) in [5.74, 6) is -0.641. The van der Waals surface area contributed by atoms with E-state index in [0.29, 0.717) is 24.2 Å². The lowest BCUT2D eigenvalue weighted by Gasteiger charge is -2.24. The van der Waals surface area contributed by atoms with Gasteiger partial charge in [0.1, 0.15) is 5.70 Å². The van der Waals surface area contributed by atoms with Gasteiger partial charge in [0.15, 0.2) is 0 Å². The van der Waals surface area contributed by atoms with Gasteiger partial charge in [0.05, 0.1) is 4.92 Å².